The van der Waals surface area contributed by atoms with Crippen LogP contribution in [-0.4, -0.2) is 6.54 Å². The zero-order valence-corrected chi connectivity index (χ0v) is 9.92. The Morgan fingerprint density at radius 2 is 2.27 bits per heavy atom. The molecule has 0 aliphatic carbocycles. The van der Waals surface area contributed by atoms with Gasteiger partial charge in [-0.05, 0) is 42.9 Å². The predicted molar refractivity (Wildman–Crippen MR) is 61.8 cm³/mol. The lowest BCUT2D eigenvalue weighted by Crippen LogP contribution is -2.33. The summed E-state index contributed by atoms with van der Waals surface area (Å²) in [4.78, 5) is 0. The number of hydrogen-bond donors (Lipinski definition) is 1. The fraction of sp³-hybridized carbons (Fsp3) is 0.692. The zero-order valence-electron chi connectivity index (χ0n) is 9.92. The first-order valence-electron chi connectivity index (χ1n) is 5.98. The van der Waals surface area contributed by atoms with Crippen LogP contribution in [0.4, 0.5) is 0 Å². The molecule has 0 saturated carbocycles. The summed E-state index contributed by atoms with van der Waals surface area (Å²) in [7, 11) is 0. The molecule has 2 heterocycles. The maximum Gasteiger partial charge on any atom is 0.124 e. The van der Waals surface area contributed by atoms with Gasteiger partial charge in [0.05, 0.1) is 12.3 Å². The van der Waals surface area contributed by atoms with E-state index >= 15 is 0 Å². The second-order valence-electron chi connectivity index (χ2n) is 5.10. The van der Waals surface area contributed by atoms with Crippen molar-refractivity contribution < 1.29 is 4.42 Å². The Labute approximate surface area is 92.1 Å². The molecule has 1 aromatic heterocycles. The summed E-state index contributed by atoms with van der Waals surface area (Å²) < 4.78 is 5.61. The molecule has 2 atom stereocenters. The van der Waals surface area contributed by atoms with Crippen LogP contribution in [-0.2, 0) is 6.42 Å². The lowest BCUT2D eigenvalue weighted by Gasteiger charge is -2.29. The van der Waals surface area contributed by atoms with Crippen molar-refractivity contribution in [3.05, 3.63) is 23.7 Å². The summed E-state index contributed by atoms with van der Waals surface area (Å²) >= 11 is 0. The number of furan rings is 1. The molecule has 2 rings (SSSR count). The molecule has 0 radical (unpaired) electrons. The van der Waals surface area contributed by atoms with Crippen molar-refractivity contribution in [3.63, 3.8) is 0 Å². The summed E-state index contributed by atoms with van der Waals surface area (Å²) in [5, 5.41) is 3.57. The SMILES string of the molecule is CC(C)CC(C)C1NCCc2ccoc21. The minimum absolute atomic E-state index is 0.422. The van der Waals surface area contributed by atoms with Crippen LogP contribution in [0, 0.1) is 11.8 Å². The highest BCUT2D eigenvalue weighted by molar-refractivity contribution is 5.23. The zero-order chi connectivity index (χ0) is 10.8. The van der Waals surface area contributed by atoms with Crippen LogP contribution in [0.15, 0.2) is 16.7 Å². The van der Waals surface area contributed by atoms with Crippen molar-refractivity contribution in [3.8, 4) is 0 Å². The van der Waals surface area contributed by atoms with Gasteiger partial charge in [-0.25, -0.2) is 0 Å². The second-order valence-corrected chi connectivity index (χ2v) is 5.10. The van der Waals surface area contributed by atoms with Crippen LogP contribution in [0.5, 0.6) is 0 Å². The summed E-state index contributed by atoms with van der Waals surface area (Å²) in [6.07, 6.45) is 4.18. The Morgan fingerprint density at radius 1 is 1.47 bits per heavy atom. The topological polar surface area (TPSA) is 25.2 Å². The second kappa shape index (κ2) is 4.40. The molecule has 15 heavy (non-hydrogen) atoms. The lowest BCUT2D eigenvalue weighted by atomic mass is 9.87. The first-order valence-corrected chi connectivity index (χ1v) is 5.98. The van der Waals surface area contributed by atoms with Gasteiger partial charge in [0.25, 0.3) is 0 Å². The van der Waals surface area contributed by atoms with Crippen LogP contribution in [0.3, 0.4) is 0 Å². The monoisotopic (exact) mass is 207 g/mol. The molecule has 84 valence electrons. The van der Waals surface area contributed by atoms with Gasteiger partial charge in [-0.2, -0.15) is 0 Å². The van der Waals surface area contributed by atoms with Crippen LogP contribution in [0.25, 0.3) is 0 Å². The van der Waals surface area contributed by atoms with Crippen LogP contribution in [0.1, 0.15) is 44.6 Å². The van der Waals surface area contributed by atoms with Gasteiger partial charge in [-0.1, -0.05) is 20.8 Å². The van der Waals surface area contributed by atoms with E-state index in [1.807, 2.05) is 6.26 Å². The standard InChI is InChI=1S/C13H21NO/c1-9(2)8-10(3)12-13-11(4-6-14-12)5-7-15-13/h5,7,9-10,12,14H,4,6,8H2,1-3H3. The van der Waals surface area contributed by atoms with Gasteiger partial charge >= 0.3 is 0 Å². The van der Waals surface area contributed by atoms with E-state index in [2.05, 4.69) is 32.2 Å². The summed E-state index contributed by atoms with van der Waals surface area (Å²) in [5.41, 5.74) is 1.40. The first-order chi connectivity index (χ1) is 7.18. The van der Waals surface area contributed by atoms with Crippen LogP contribution < -0.4 is 5.32 Å². The minimum atomic E-state index is 0.422. The molecule has 0 bridgehead atoms. The largest absolute Gasteiger partial charge is 0.467 e. The number of fused-ring (bicyclic) bond motifs is 1. The highest BCUT2D eigenvalue weighted by Gasteiger charge is 2.27. The third-order valence-electron chi connectivity index (χ3n) is 3.23. The van der Waals surface area contributed by atoms with Gasteiger partial charge in [-0.15, -0.1) is 0 Å². The lowest BCUT2D eigenvalue weighted by molar-refractivity contribution is 0.277. The quantitative estimate of drug-likeness (QED) is 0.823. The smallest absolute Gasteiger partial charge is 0.124 e. The van der Waals surface area contributed by atoms with Gasteiger partial charge in [0, 0.05) is 0 Å². The third-order valence-corrected chi connectivity index (χ3v) is 3.23. The van der Waals surface area contributed by atoms with Crippen molar-refractivity contribution in [1.29, 1.82) is 0 Å². The molecule has 2 nitrogen and oxygen atoms in total. The molecule has 1 aliphatic rings. The molecule has 0 fully saturated rings. The van der Waals surface area contributed by atoms with Gasteiger partial charge in [-0.3, -0.25) is 0 Å². The Morgan fingerprint density at radius 3 is 3.00 bits per heavy atom. The third kappa shape index (κ3) is 2.25. The van der Waals surface area contributed by atoms with Gasteiger partial charge in [0.1, 0.15) is 5.76 Å². The fourth-order valence-corrected chi connectivity index (χ4v) is 2.62. The van der Waals surface area contributed by atoms with E-state index < -0.39 is 0 Å². The molecule has 1 aliphatic heterocycles. The number of hydrogen-bond acceptors (Lipinski definition) is 2. The summed E-state index contributed by atoms with van der Waals surface area (Å²) in [5.74, 6) is 2.58. The summed E-state index contributed by atoms with van der Waals surface area (Å²) in [6.45, 7) is 7.96. The Balaban J connectivity index is 2.11. The maximum absolute atomic E-state index is 5.61. The molecule has 0 amide bonds. The number of rotatable bonds is 3. The highest BCUT2D eigenvalue weighted by atomic mass is 16.3. The average Bonchev–Trinajstić information content (AvgIpc) is 2.63. The van der Waals surface area contributed by atoms with E-state index in [9.17, 15) is 0 Å². The van der Waals surface area contributed by atoms with Crippen LogP contribution >= 0.6 is 0 Å². The molecule has 2 unspecified atom stereocenters. The molecular weight excluding hydrogens is 186 g/mol. The normalized spacial score (nSPS) is 22.8. The van der Waals surface area contributed by atoms with Crippen molar-refractivity contribution in [1.82, 2.24) is 5.32 Å². The average molecular weight is 207 g/mol. The minimum Gasteiger partial charge on any atom is -0.467 e. The van der Waals surface area contributed by atoms with E-state index in [0.717, 1.165) is 18.9 Å². The van der Waals surface area contributed by atoms with Gasteiger partial charge in [0.15, 0.2) is 0 Å². The van der Waals surface area contributed by atoms with Crippen molar-refractivity contribution >= 4 is 0 Å². The molecule has 0 aromatic carbocycles. The van der Waals surface area contributed by atoms with E-state index in [4.69, 9.17) is 4.42 Å². The fourth-order valence-electron chi connectivity index (χ4n) is 2.62. The van der Waals surface area contributed by atoms with E-state index in [-0.39, 0.29) is 0 Å². The van der Waals surface area contributed by atoms with Crippen molar-refractivity contribution in [2.45, 2.75) is 39.7 Å². The predicted octanol–water partition coefficient (Wildman–Crippen LogP) is 3.15. The van der Waals surface area contributed by atoms with Crippen molar-refractivity contribution in [2.75, 3.05) is 6.54 Å². The van der Waals surface area contributed by atoms with E-state index in [1.165, 1.54) is 17.7 Å². The summed E-state index contributed by atoms with van der Waals surface area (Å²) in [6, 6.07) is 2.54. The Kier molecular flexibility index (Phi) is 3.15. The maximum atomic E-state index is 5.61. The molecule has 1 aromatic rings. The molecule has 0 saturated heterocycles. The molecule has 1 N–H and O–H groups in total. The highest BCUT2D eigenvalue weighted by Crippen LogP contribution is 2.32. The van der Waals surface area contributed by atoms with Gasteiger partial charge < -0.3 is 9.73 Å². The van der Waals surface area contributed by atoms with Crippen molar-refractivity contribution in [2.24, 2.45) is 11.8 Å². The molecular formula is C13H21NO. The first kappa shape index (κ1) is 10.7. The van der Waals surface area contributed by atoms with E-state index in [0.29, 0.717) is 12.0 Å². The van der Waals surface area contributed by atoms with E-state index in [1.54, 1.807) is 0 Å². The number of nitrogens with one attached hydrogen (secondary N) is 1. The molecule has 0 spiro atoms. The Hall–Kier alpha value is -0.760. The molecule has 2 heteroatoms. The van der Waals surface area contributed by atoms with Gasteiger partial charge in [0.2, 0.25) is 0 Å². The van der Waals surface area contributed by atoms with Crippen LogP contribution in [0.2, 0.25) is 0 Å². The Bertz CT molecular complexity index is 316.